The number of halogens is 1. The van der Waals surface area contributed by atoms with Crippen LogP contribution in [0.5, 0.6) is 0 Å². The highest BCUT2D eigenvalue weighted by Gasteiger charge is 2.32. The van der Waals surface area contributed by atoms with E-state index in [0.29, 0.717) is 26.4 Å². The van der Waals surface area contributed by atoms with E-state index in [4.69, 9.17) is 9.41 Å². The molecule has 9 heteroatoms. The standard InChI is InChI=1S/C32H22FN3O4S/c1-18-6-12-22(36(38)39)16-26(18)27-15-13-23(40-27)17-28-31(37)35-30(20-7-10-21(33)11-8-20)25-14-9-19-4-2-3-5-24(19)29(25)34-32(35)41-28/h2-8,10-13,15-17,30H,9,14H2,1H3/b28-17+/t30-/m1/s1. The van der Waals surface area contributed by atoms with E-state index in [2.05, 4.69) is 12.1 Å². The first-order chi connectivity index (χ1) is 19.9. The van der Waals surface area contributed by atoms with Crippen LogP contribution in [0.3, 0.4) is 0 Å². The summed E-state index contributed by atoms with van der Waals surface area (Å²) in [5.41, 5.74) is 6.21. The zero-order valence-corrected chi connectivity index (χ0v) is 22.7. The van der Waals surface area contributed by atoms with Crippen LogP contribution in [0.25, 0.3) is 23.1 Å². The summed E-state index contributed by atoms with van der Waals surface area (Å²) in [6, 6.07) is 22.2. The summed E-state index contributed by atoms with van der Waals surface area (Å²) < 4.78 is 22.1. The fraction of sp³-hybridized carbons (Fsp3) is 0.125. The predicted octanol–water partition coefficient (Wildman–Crippen LogP) is 5.93. The third kappa shape index (κ3) is 4.25. The van der Waals surface area contributed by atoms with Gasteiger partial charge in [-0.2, -0.15) is 0 Å². The zero-order valence-electron chi connectivity index (χ0n) is 21.8. The third-order valence-corrected chi connectivity index (χ3v) is 8.64. The Balaban J connectivity index is 1.38. The van der Waals surface area contributed by atoms with Gasteiger partial charge in [-0.05, 0) is 66.3 Å². The molecule has 1 aliphatic carbocycles. The number of nitrogens with zero attached hydrogens (tertiary/aromatic N) is 3. The van der Waals surface area contributed by atoms with E-state index in [1.54, 1.807) is 41.0 Å². The molecule has 0 unspecified atom stereocenters. The largest absolute Gasteiger partial charge is 0.457 e. The van der Waals surface area contributed by atoms with E-state index in [1.807, 2.05) is 19.1 Å². The quantitative estimate of drug-likeness (QED) is 0.200. The minimum absolute atomic E-state index is 0.0248. The molecule has 3 aromatic carbocycles. The van der Waals surface area contributed by atoms with Crippen molar-refractivity contribution in [2.24, 2.45) is 4.99 Å². The Morgan fingerprint density at radius 1 is 1.05 bits per heavy atom. The molecule has 0 fully saturated rings. The number of hydrogen-bond donors (Lipinski definition) is 0. The minimum Gasteiger partial charge on any atom is -0.457 e. The molecule has 0 amide bonds. The van der Waals surface area contributed by atoms with Crippen LogP contribution in [0, 0.1) is 22.9 Å². The first kappa shape index (κ1) is 25.1. The van der Waals surface area contributed by atoms with Crippen molar-refractivity contribution in [2.75, 3.05) is 0 Å². The number of nitro benzene ring substituents is 1. The zero-order chi connectivity index (χ0) is 28.2. The van der Waals surface area contributed by atoms with Crippen LogP contribution in [0.2, 0.25) is 0 Å². The van der Waals surface area contributed by atoms with Gasteiger partial charge in [-0.25, -0.2) is 9.38 Å². The first-order valence-electron chi connectivity index (χ1n) is 13.1. The smallest absolute Gasteiger partial charge is 0.271 e. The average molecular weight is 564 g/mol. The topological polar surface area (TPSA) is 90.6 Å². The number of fused-ring (bicyclic) bond motifs is 3. The van der Waals surface area contributed by atoms with Crippen molar-refractivity contribution in [2.45, 2.75) is 25.8 Å². The van der Waals surface area contributed by atoms with E-state index in [9.17, 15) is 19.3 Å². The van der Waals surface area contributed by atoms with E-state index in [0.717, 1.165) is 40.8 Å². The molecule has 7 nitrogen and oxygen atoms in total. The van der Waals surface area contributed by atoms with Gasteiger partial charge in [-0.3, -0.25) is 19.5 Å². The molecule has 3 heterocycles. The molecule has 2 aliphatic rings. The van der Waals surface area contributed by atoms with Crippen LogP contribution in [0.1, 0.15) is 40.5 Å². The molecule has 41 heavy (non-hydrogen) atoms. The second-order valence-corrected chi connectivity index (χ2v) is 11.1. The van der Waals surface area contributed by atoms with Crippen LogP contribution < -0.4 is 14.9 Å². The molecule has 0 spiro atoms. The average Bonchev–Trinajstić information content (AvgIpc) is 3.56. The number of non-ortho nitro benzene ring substituents is 1. The second-order valence-electron chi connectivity index (χ2n) is 10.1. The van der Waals surface area contributed by atoms with Gasteiger partial charge in [0.25, 0.3) is 11.2 Å². The molecule has 0 N–H and O–H groups in total. The van der Waals surface area contributed by atoms with Crippen molar-refractivity contribution in [3.05, 3.63) is 148 Å². The van der Waals surface area contributed by atoms with E-state index >= 15 is 0 Å². The van der Waals surface area contributed by atoms with Gasteiger partial charge in [-0.1, -0.05) is 53.8 Å². The molecule has 0 saturated heterocycles. The molecule has 202 valence electrons. The summed E-state index contributed by atoms with van der Waals surface area (Å²) in [5, 5.41) is 11.3. The third-order valence-electron chi connectivity index (χ3n) is 7.66. The van der Waals surface area contributed by atoms with Gasteiger partial charge in [0.2, 0.25) is 0 Å². The van der Waals surface area contributed by atoms with Crippen molar-refractivity contribution < 1.29 is 13.7 Å². The minimum atomic E-state index is -0.441. The lowest BCUT2D eigenvalue weighted by Crippen LogP contribution is -2.38. The number of allylic oxidation sites excluding steroid dienone is 1. The van der Waals surface area contributed by atoms with Crippen LogP contribution in [-0.4, -0.2) is 9.49 Å². The number of rotatable bonds is 4. The number of nitro groups is 1. The summed E-state index contributed by atoms with van der Waals surface area (Å²) in [6.45, 7) is 1.86. The van der Waals surface area contributed by atoms with Crippen LogP contribution in [0.15, 0.2) is 98.6 Å². The Bertz CT molecular complexity index is 2090. The highest BCUT2D eigenvalue weighted by atomic mass is 32.1. The van der Waals surface area contributed by atoms with E-state index < -0.39 is 11.0 Å². The molecular formula is C32H22FN3O4S. The number of aryl methyl sites for hydroxylation is 2. The Morgan fingerprint density at radius 3 is 2.66 bits per heavy atom. The molecule has 0 radical (unpaired) electrons. The molecule has 7 rings (SSSR count). The number of furan rings is 1. The summed E-state index contributed by atoms with van der Waals surface area (Å²) in [6.07, 6.45) is 3.25. The van der Waals surface area contributed by atoms with E-state index in [-0.39, 0.29) is 17.1 Å². The van der Waals surface area contributed by atoms with Gasteiger partial charge in [0.1, 0.15) is 17.3 Å². The summed E-state index contributed by atoms with van der Waals surface area (Å²) in [7, 11) is 0. The van der Waals surface area contributed by atoms with Crippen molar-refractivity contribution in [3.63, 3.8) is 0 Å². The van der Waals surface area contributed by atoms with Crippen LogP contribution >= 0.6 is 11.3 Å². The summed E-state index contributed by atoms with van der Waals surface area (Å²) in [5.74, 6) is 0.585. The Morgan fingerprint density at radius 2 is 1.85 bits per heavy atom. The second kappa shape index (κ2) is 9.64. The molecule has 0 saturated carbocycles. The van der Waals surface area contributed by atoms with Gasteiger partial charge >= 0.3 is 0 Å². The maximum absolute atomic E-state index is 13.9. The van der Waals surface area contributed by atoms with E-state index in [1.165, 1.54) is 41.2 Å². The van der Waals surface area contributed by atoms with Gasteiger partial charge < -0.3 is 4.42 Å². The number of hydrogen-bond acceptors (Lipinski definition) is 6. The molecule has 0 bridgehead atoms. The molecule has 1 atom stereocenters. The van der Waals surface area contributed by atoms with Crippen molar-refractivity contribution in [1.29, 1.82) is 0 Å². The number of aromatic nitrogens is 1. The lowest BCUT2D eigenvalue weighted by Gasteiger charge is -2.30. The number of thiazole rings is 1. The normalized spacial score (nSPS) is 16.1. The number of benzene rings is 3. The Hall–Kier alpha value is -4.89. The Labute approximate surface area is 237 Å². The van der Waals surface area contributed by atoms with Crippen LogP contribution in [-0.2, 0) is 6.42 Å². The van der Waals surface area contributed by atoms with Gasteiger partial charge in [0, 0.05) is 29.3 Å². The monoisotopic (exact) mass is 563 g/mol. The van der Waals surface area contributed by atoms with Crippen molar-refractivity contribution in [3.8, 4) is 11.3 Å². The molecule has 1 aliphatic heterocycles. The maximum Gasteiger partial charge on any atom is 0.271 e. The lowest BCUT2D eigenvalue weighted by molar-refractivity contribution is -0.384. The fourth-order valence-electron chi connectivity index (χ4n) is 5.66. The maximum atomic E-state index is 13.9. The van der Waals surface area contributed by atoms with Crippen molar-refractivity contribution in [1.82, 2.24) is 4.57 Å². The first-order valence-corrected chi connectivity index (χ1v) is 13.9. The Kier molecular flexibility index (Phi) is 5.90. The van der Waals surface area contributed by atoms with Gasteiger partial charge in [0.15, 0.2) is 4.80 Å². The molecule has 5 aromatic rings. The molecular weight excluding hydrogens is 541 g/mol. The van der Waals surface area contributed by atoms with Crippen LogP contribution in [0.4, 0.5) is 10.1 Å². The van der Waals surface area contributed by atoms with Gasteiger partial charge in [0.05, 0.1) is 21.2 Å². The SMILES string of the molecule is Cc1ccc([N+](=O)[O-])cc1-c1ccc(/C=c2/sc3n(c2=O)[C@H](c2ccc(F)cc2)C2=C(N=3)c3ccccc3CC2)o1. The highest BCUT2D eigenvalue weighted by molar-refractivity contribution is 7.07. The molecule has 2 aromatic heterocycles. The highest BCUT2D eigenvalue weighted by Crippen LogP contribution is 2.41. The van der Waals surface area contributed by atoms with Gasteiger partial charge in [-0.15, -0.1) is 0 Å². The predicted molar refractivity (Wildman–Crippen MR) is 155 cm³/mol. The lowest BCUT2D eigenvalue weighted by atomic mass is 9.83. The summed E-state index contributed by atoms with van der Waals surface area (Å²) in [4.78, 5) is 30.3. The fourth-order valence-corrected chi connectivity index (χ4v) is 6.64. The summed E-state index contributed by atoms with van der Waals surface area (Å²) >= 11 is 1.27. The van der Waals surface area contributed by atoms with Crippen molar-refractivity contribution >= 4 is 28.8 Å².